The molecule has 0 spiro atoms. The van der Waals surface area contributed by atoms with Crippen molar-refractivity contribution in [2.24, 2.45) is 0 Å². The van der Waals surface area contributed by atoms with Crippen LogP contribution < -0.4 is 5.32 Å². The van der Waals surface area contributed by atoms with Gasteiger partial charge in [-0.05, 0) is 32.4 Å². The van der Waals surface area contributed by atoms with Crippen LogP contribution in [0.3, 0.4) is 0 Å². The van der Waals surface area contributed by atoms with E-state index in [4.69, 9.17) is 4.98 Å². The summed E-state index contributed by atoms with van der Waals surface area (Å²) in [7, 11) is 0. The lowest BCUT2D eigenvalue weighted by atomic mass is 10.2. The van der Waals surface area contributed by atoms with Crippen molar-refractivity contribution in [3.8, 4) is 0 Å². The first-order valence-corrected chi connectivity index (χ1v) is 8.05. The molecule has 0 radical (unpaired) electrons. The summed E-state index contributed by atoms with van der Waals surface area (Å²) < 4.78 is 3.85. The molecule has 0 saturated carbocycles. The van der Waals surface area contributed by atoms with Crippen LogP contribution in [-0.4, -0.2) is 29.2 Å². The van der Waals surface area contributed by atoms with Gasteiger partial charge < -0.3 is 5.32 Å². The number of aryl methyl sites for hydroxylation is 3. The van der Waals surface area contributed by atoms with E-state index in [1.807, 2.05) is 46.3 Å². The Morgan fingerprint density at radius 2 is 2.04 bits per heavy atom. The average Bonchev–Trinajstić information content (AvgIpc) is 3.15. The van der Waals surface area contributed by atoms with Crippen LogP contribution in [0, 0.1) is 13.8 Å². The van der Waals surface area contributed by atoms with E-state index in [-0.39, 0.29) is 0 Å². The molecule has 0 fully saturated rings. The quantitative estimate of drug-likeness (QED) is 0.625. The number of anilines is 1. The fourth-order valence-electron chi connectivity index (χ4n) is 2.77. The summed E-state index contributed by atoms with van der Waals surface area (Å²) in [6.45, 7) is 6.73. The van der Waals surface area contributed by atoms with Crippen molar-refractivity contribution in [2.75, 3.05) is 5.32 Å². The number of hydrogen-bond donors (Lipinski definition) is 1. The van der Waals surface area contributed by atoms with Crippen LogP contribution >= 0.6 is 0 Å². The van der Waals surface area contributed by atoms with E-state index < -0.39 is 0 Å². The van der Waals surface area contributed by atoms with Gasteiger partial charge in [0.1, 0.15) is 5.82 Å². The summed E-state index contributed by atoms with van der Waals surface area (Å²) in [5, 5.41) is 16.5. The Labute approximate surface area is 139 Å². The van der Waals surface area contributed by atoms with Crippen LogP contribution in [0.2, 0.25) is 0 Å². The summed E-state index contributed by atoms with van der Waals surface area (Å²) in [6, 6.07) is 7.91. The molecule has 0 saturated heterocycles. The standard InChI is InChI=1S/C17H19N7/c1-4-13-9-15(24-17(19-13)11(2)12(3)22-24)18-10-16-21-20-14-7-5-6-8-23(14)16/h5-9,18H,4,10H2,1-3H3. The Hall–Kier alpha value is -2.96. The van der Waals surface area contributed by atoms with E-state index in [0.29, 0.717) is 6.54 Å². The predicted octanol–water partition coefficient (Wildman–Crippen LogP) is 2.56. The number of fused-ring (bicyclic) bond motifs is 2. The van der Waals surface area contributed by atoms with Gasteiger partial charge in [-0.1, -0.05) is 13.0 Å². The van der Waals surface area contributed by atoms with Gasteiger partial charge in [-0.3, -0.25) is 4.40 Å². The van der Waals surface area contributed by atoms with Gasteiger partial charge in [-0.15, -0.1) is 10.2 Å². The van der Waals surface area contributed by atoms with Gasteiger partial charge in [-0.2, -0.15) is 9.61 Å². The highest BCUT2D eigenvalue weighted by Gasteiger charge is 2.12. The number of pyridine rings is 1. The van der Waals surface area contributed by atoms with E-state index in [9.17, 15) is 0 Å². The number of rotatable bonds is 4. The molecule has 0 unspecified atom stereocenters. The molecule has 122 valence electrons. The van der Waals surface area contributed by atoms with Crippen LogP contribution in [0.5, 0.6) is 0 Å². The molecular weight excluding hydrogens is 302 g/mol. The van der Waals surface area contributed by atoms with Crippen molar-refractivity contribution < 1.29 is 0 Å². The molecule has 4 aromatic rings. The van der Waals surface area contributed by atoms with Gasteiger partial charge in [0.2, 0.25) is 0 Å². The first kappa shape index (κ1) is 14.6. The molecule has 7 nitrogen and oxygen atoms in total. The molecule has 0 aliphatic heterocycles. The van der Waals surface area contributed by atoms with E-state index in [1.165, 1.54) is 0 Å². The fourth-order valence-corrected chi connectivity index (χ4v) is 2.77. The van der Waals surface area contributed by atoms with Gasteiger partial charge >= 0.3 is 0 Å². The SMILES string of the molecule is CCc1cc(NCc2nnc3ccccn23)n2nc(C)c(C)c2n1. The first-order valence-electron chi connectivity index (χ1n) is 8.05. The van der Waals surface area contributed by atoms with Crippen LogP contribution in [0.4, 0.5) is 5.82 Å². The third-order valence-corrected chi connectivity index (χ3v) is 4.28. The van der Waals surface area contributed by atoms with Crippen LogP contribution in [0.25, 0.3) is 11.3 Å². The van der Waals surface area contributed by atoms with Gasteiger partial charge in [0.25, 0.3) is 0 Å². The lowest BCUT2D eigenvalue weighted by molar-refractivity contribution is 0.863. The lowest BCUT2D eigenvalue weighted by Gasteiger charge is -2.09. The highest BCUT2D eigenvalue weighted by molar-refractivity contribution is 5.56. The molecule has 0 bridgehead atoms. The van der Waals surface area contributed by atoms with Crippen molar-refractivity contribution >= 4 is 17.1 Å². The topological polar surface area (TPSA) is 72.4 Å². The maximum absolute atomic E-state index is 4.70. The summed E-state index contributed by atoms with van der Waals surface area (Å²) in [6.07, 6.45) is 2.84. The molecule has 1 N–H and O–H groups in total. The molecular formula is C17H19N7. The van der Waals surface area contributed by atoms with Gasteiger partial charge in [-0.25, -0.2) is 4.98 Å². The Balaban J connectivity index is 1.72. The zero-order chi connectivity index (χ0) is 16.7. The molecule has 0 aliphatic carbocycles. The van der Waals surface area contributed by atoms with Crippen molar-refractivity contribution in [2.45, 2.75) is 33.7 Å². The van der Waals surface area contributed by atoms with Crippen molar-refractivity contribution in [3.63, 3.8) is 0 Å². The van der Waals surface area contributed by atoms with Crippen molar-refractivity contribution in [3.05, 3.63) is 53.2 Å². The second-order valence-electron chi connectivity index (χ2n) is 5.83. The normalized spacial score (nSPS) is 11.5. The maximum atomic E-state index is 4.70. The Morgan fingerprint density at radius 1 is 1.17 bits per heavy atom. The predicted molar refractivity (Wildman–Crippen MR) is 92.2 cm³/mol. The minimum Gasteiger partial charge on any atom is -0.363 e. The average molecular weight is 321 g/mol. The molecule has 4 heterocycles. The molecule has 7 heteroatoms. The number of nitrogens with zero attached hydrogens (tertiary/aromatic N) is 6. The molecule has 24 heavy (non-hydrogen) atoms. The second-order valence-corrected chi connectivity index (χ2v) is 5.83. The highest BCUT2D eigenvalue weighted by Crippen LogP contribution is 2.19. The molecule has 4 aromatic heterocycles. The largest absolute Gasteiger partial charge is 0.363 e. The van der Waals surface area contributed by atoms with Crippen LogP contribution in [0.15, 0.2) is 30.5 Å². The highest BCUT2D eigenvalue weighted by atomic mass is 15.3. The smallest absolute Gasteiger partial charge is 0.160 e. The second kappa shape index (κ2) is 5.59. The summed E-state index contributed by atoms with van der Waals surface area (Å²) in [4.78, 5) is 4.70. The van der Waals surface area contributed by atoms with Crippen molar-refractivity contribution in [1.82, 2.24) is 29.2 Å². The Kier molecular flexibility index (Phi) is 3.41. The van der Waals surface area contributed by atoms with E-state index in [1.54, 1.807) is 0 Å². The molecule has 0 aliphatic rings. The van der Waals surface area contributed by atoms with Gasteiger partial charge in [0.05, 0.1) is 12.2 Å². The molecule has 0 amide bonds. The monoisotopic (exact) mass is 321 g/mol. The number of hydrogen-bond acceptors (Lipinski definition) is 5. The minimum absolute atomic E-state index is 0.561. The van der Waals surface area contributed by atoms with Crippen LogP contribution in [0.1, 0.15) is 29.7 Å². The fraction of sp³-hybridized carbons (Fsp3) is 0.294. The minimum atomic E-state index is 0.561. The summed E-state index contributed by atoms with van der Waals surface area (Å²) >= 11 is 0. The van der Waals surface area contributed by atoms with Crippen molar-refractivity contribution in [1.29, 1.82) is 0 Å². The maximum Gasteiger partial charge on any atom is 0.160 e. The third kappa shape index (κ3) is 2.29. The Bertz CT molecular complexity index is 1030. The van der Waals surface area contributed by atoms with Gasteiger partial charge in [0.15, 0.2) is 17.1 Å². The van der Waals surface area contributed by atoms with E-state index in [2.05, 4.69) is 34.5 Å². The summed E-state index contributed by atoms with van der Waals surface area (Å²) in [5.74, 6) is 1.77. The number of aromatic nitrogens is 6. The zero-order valence-electron chi connectivity index (χ0n) is 14.0. The molecule has 4 rings (SSSR count). The number of nitrogens with one attached hydrogen (secondary N) is 1. The molecule has 0 aromatic carbocycles. The van der Waals surface area contributed by atoms with Gasteiger partial charge in [0, 0.05) is 23.5 Å². The lowest BCUT2D eigenvalue weighted by Crippen LogP contribution is -2.09. The van der Waals surface area contributed by atoms with E-state index in [0.717, 1.165) is 46.3 Å². The summed E-state index contributed by atoms with van der Waals surface area (Å²) in [5.41, 5.74) is 4.89. The van der Waals surface area contributed by atoms with E-state index >= 15 is 0 Å². The first-order chi connectivity index (χ1) is 11.7. The van der Waals surface area contributed by atoms with Crippen LogP contribution in [-0.2, 0) is 13.0 Å². The third-order valence-electron chi connectivity index (χ3n) is 4.28. The Morgan fingerprint density at radius 3 is 2.88 bits per heavy atom. The zero-order valence-corrected chi connectivity index (χ0v) is 14.0. The molecule has 0 atom stereocenters.